The molecular weight excluding hydrogens is 266 g/mol. The van der Waals surface area contributed by atoms with Gasteiger partial charge in [0.2, 0.25) is 0 Å². The van der Waals surface area contributed by atoms with Crippen LogP contribution in [-0.4, -0.2) is 19.3 Å². The van der Waals surface area contributed by atoms with Gasteiger partial charge in [-0.1, -0.05) is 22.0 Å². The molecule has 1 aromatic rings. The molecule has 0 heterocycles. The van der Waals surface area contributed by atoms with Gasteiger partial charge in [0.25, 0.3) is 0 Å². The van der Waals surface area contributed by atoms with Crippen LogP contribution >= 0.6 is 15.9 Å². The van der Waals surface area contributed by atoms with Crippen molar-refractivity contribution in [3.8, 4) is 0 Å². The van der Waals surface area contributed by atoms with E-state index in [9.17, 15) is 0 Å². The fourth-order valence-corrected chi connectivity index (χ4v) is 2.08. The predicted molar refractivity (Wildman–Crippen MR) is 71.7 cm³/mol. The fraction of sp³-hybridized carbons (Fsp3) is 0.538. The van der Waals surface area contributed by atoms with Crippen LogP contribution in [0.25, 0.3) is 0 Å². The van der Waals surface area contributed by atoms with Gasteiger partial charge in [-0.15, -0.1) is 0 Å². The van der Waals surface area contributed by atoms with E-state index in [1.54, 1.807) is 7.11 Å². The maximum atomic E-state index is 5.17. The van der Waals surface area contributed by atoms with Crippen molar-refractivity contribution in [2.45, 2.75) is 32.9 Å². The molecule has 1 rings (SSSR count). The summed E-state index contributed by atoms with van der Waals surface area (Å²) in [5.41, 5.74) is 2.64. The second-order valence-corrected chi connectivity index (χ2v) is 5.66. The number of rotatable bonds is 5. The lowest BCUT2D eigenvalue weighted by Gasteiger charge is -2.25. The average Bonchev–Trinajstić information content (AvgIpc) is 2.16. The first-order chi connectivity index (χ1) is 7.44. The van der Waals surface area contributed by atoms with E-state index in [0.717, 1.165) is 11.0 Å². The van der Waals surface area contributed by atoms with Crippen LogP contribution in [0.5, 0.6) is 0 Å². The highest BCUT2D eigenvalue weighted by Gasteiger charge is 2.16. The molecule has 0 unspecified atom stereocenters. The maximum absolute atomic E-state index is 5.17. The molecule has 90 valence electrons. The Bertz CT molecular complexity index is 350. The lowest BCUT2D eigenvalue weighted by molar-refractivity contribution is 0.127. The molecule has 0 bridgehead atoms. The lowest BCUT2D eigenvalue weighted by atomic mass is 10.0. The molecule has 0 fully saturated rings. The van der Waals surface area contributed by atoms with Crippen molar-refractivity contribution >= 4 is 15.9 Å². The molecule has 0 aliphatic carbocycles. The highest BCUT2D eigenvalue weighted by Crippen LogP contribution is 2.16. The first kappa shape index (κ1) is 13.7. The third-order valence-electron chi connectivity index (χ3n) is 2.57. The SMILES string of the molecule is COCC(C)(C)NCc1ccc(Br)cc1C. The summed E-state index contributed by atoms with van der Waals surface area (Å²) in [5.74, 6) is 0. The summed E-state index contributed by atoms with van der Waals surface area (Å²) >= 11 is 3.47. The van der Waals surface area contributed by atoms with E-state index in [4.69, 9.17) is 4.74 Å². The van der Waals surface area contributed by atoms with E-state index in [-0.39, 0.29) is 5.54 Å². The van der Waals surface area contributed by atoms with E-state index in [1.807, 2.05) is 0 Å². The Morgan fingerprint density at radius 3 is 2.62 bits per heavy atom. The number of benzene rings is 1. The Morgan fingerprint density at radius 2 is 2.06 bits per heavy atom. The average molecular weight is 286 g/mol. The standard InChI is InChI=1S/C13H20BrNO/c1-10-7-12(14)6-5-11(10)8-15-13(2,3)9-16-4/h5-7,15H,8-9H2,1-4H3. The van der Waals surface area contributed by atoms with Gasteiger partial charge >= 0.3 is 0 Å². The minimum atomic E-state index is 0.00820. The van der Waals surface area contributed by atoms with Crippen LogP contribution in [0.4, 0.5) is 0 Å². The zero-order chi connectivity index (χ0) is 12.2. The fourth-order valence-electron chi connectivity index (χ4n) is 1.60. The summed E-state index contributed by atoms with van der Waals surface area (Å²) in [5, 5.41) is 3.50. The Kier molecular flexibility index (Phi) is 4.96. The van der Waals surface area contributed by atoms with Crippen molar-refractivity contribution in [3.63, 3.8) is 0 Å². The van der Waals surface area contributed by atoms with Crippen molar-refractivity contribution < 1.29 is 4.74 Å². The van der Waals surface area contributed by atoms with Gasteiger partial charge in [-0.3, -0.25) is 0 Å². The van der Waals surface area contributed by atoms with Gasteiger partial charge in [0.05, 0.1) is 6.61 Å². The van der Waals surface area contributed by atoms with Gasteiger partial charge in [0, 0.05) is 23.7 Å². The maximum Gasteiger partial charge on any atom is 0.0639 e. The van der Waals surface area contributed by atoms with E-state index in [1.165, 1.54) is 11.1 Å². The number of halogens is 1. The molecule has 2 nitrogen and oxygen atoms in total. The molecule has 1 N–H and O–H groups in total. The van der Waals surface area contributed by atoms with Crippen molar-refractivity contribution in [3.05, 3.63) is 33.8 Å². The predicted octanol–water partition coefficient (Wildman–Crippen LogP) is 3.27. The molecule has 0 amide bonds. The quantitative estimate of drug-likeness (QED) is 0.897. The monoisotopic (exact) mass is 285 g/mol. The summed E-state index contributed by atoms with van der Waals surface area (Å²) in [6.45, 7) is 8.00. The molecule has 0 aliphatic heterocycles. The van der Waals surface area contributed by atoms with Gasteiger partial charge < -0.3 is 10.1 Å². The van der Waals surface area contributed by atoms with Gasteiger partial charge in [0.1, 0.15) is 0 Å². The number of hydrogen-bond acceptors (Lipinski definition) is 2. The Labute approximate surface area is 107 Å². The van der Waals surface area contributed by atoms with Crippen molar-refractivity contribution in [1.82, 2.24) is 5.32 Å². The minimum Gasteiger partial charge on any atom is -0.383 e. The summed E-state index contributed by atoms with van der Waals surface area (Å²) in [4.78, 5) is 0. The van der Waals surface area contributed by atoms with Crippen molar-refractivity contribution in [1.29, 1.82) is 0 Å². The lowest BCUT2D eigenvalue weighted by Crippen LogP contribution is -2.42. The third kappa shape index (κ3) is 4.24. The number of aryl methyl sites for hydroxylation is 1. The smallest absolute Gasteiger partial charge is 0.0639 e. The third-order valence-corrected chi connectivity index (χ3v) is 3.06. The molecule has 3 heteroatoms. The molecule has 0 radical (unpaired) electrons. The van der Waals surface area contributed by atoms with Crippen LogP contribution in [-0.2, 0) is 11.3 Å². The van der Waals surface area contributed by atoms with E-state index in [2.05, 4.69) is 60.2 Å². The number of hydrogen-bond donors (Lipinski definition) is 1. The molecule has 16 heavy (non-hydrogen) atoms. The van der Waals surface area contributed by atoms with Gasteiger partial charge in [-0.25, -0.2) is 0 Å². The highest BCUT2D eigenvalue weighted by molar-refractivity contribution is 9.10. The van der Waals surface area contributed by atoms with Crippen molar-refractivity contribution in [2.75, 3.05) is 13.7 Å². The normalized spacial score (nSPS) is 11.8. The molecule has 1 aromatic carbocycles. The molecule has 0 saturated carbocycles. The zero-order valence-electron chi connectivity index (χ0n) is 10.4. The van der Waals surface area contributed by atoms with Crippen LogP contribution < -0.4 is 5.32 Å². The van der Waals surface area contributed by atoms with Crippen molar-refractivity contribution in [2.24, 2.45) is 0 Å². The van der Waals surface area contributed by atoms with Gasteiger partial charge in [0.15, 0.2) is 0 Å². The van der Waals surface area contributed by atoms with Crippen LogP contribution in [0.1, 0.15) is 25.0 Å². The summed E-state index contributed by atoms with van der Waals surface area (Å²) in [6.07, 6.45) is 0. The molecule has 0 aromatic heterocycles. The highest BCUT2D eigenvalue weighted by atomic mass is 79.9. The van der Waals surface area contributed by atoms with E-state index >= 15 is 0 Å². The summed E-state index contributed by atoms with van der Waals surface area (Å²) in [7, 11) is 1.73. The summed E-state index contributed by atoms with van der Waals surface area (Å²) < 4.78 is 6.30. The Balaban J connectivity index is 2.61. The molecular formula is C13H20BrNO. The number of methoxy groups -OCH3 is 1. The Morgan fingerprint density at radius 1 is 1.38 bits per heavy atom. The Hall–Kier alpha value is -0.380. The van der Waals surface area contributed by atoms with Gasteiger partial charge in [-0.05, 0) is 44.0 Å². The second-order valence-electron chi connectivity index (χ2n) is 4.74. The van der Waals surface area contributed by atoms with Crippen LogP contribution in [0.2, 0.25) is 0 Å². The topological polar surface area (TPSA) is 21.3 Å². The van der Waals surface area contributed by atoms with Crippen LogP contribution in [0.3, 0.4) is 0 Å². The zero-order valence-corrected chi connectivity index (χ0v) is 12.0. The van der Waals surface area contributed by atoms with E-state index < -0.39 is 0 Å². The van der Waals surface area contributed by atoms with E-state index in [0.29, 0.717) is 6.61 Å². The first-order valence-corrected chi connectivity index (χ1v) is 6.23. The number of nitrogens with one attached hydrogen (secondary N) is 1. The van der Waals surface area contributed by atoms with Crippen LogP contribution in [0, 0.1) is 6.92 Å². The summed E-state index contributed by atoms with van der Waals surface area (Å²) in [6, 6.07) is 6.36. The molecule has 0 aliphatic rings. The van der Waals surface area contributed by atoms with Gasteiger partial charge in [-0.2, -0.15) is 0 Å². The molecule has 0 spiro atoms. The molecule has 0 saturated heterocycles. The largest absolute Gasteiger partial charge is 0.383 e. The first-order valence-electron chi connectivity index (χ1n) is 5.43. The second kappa shape index (κ2) is 5.80. The van der Waals surface area contributed by atoms with Crippen LogP contribution in [0.15, 0.2) is 22.7 Å². The molecule has 0 atom stereocenters. The number of ether oxygens (including phenoxy) is 1. The minimum absolute atomic E-state index is 0.00820.